The number of amides is 2. The minimum atomic E-state index is -0.242. The number of anilines is 2. The second-order valence-corrected chi connectivity index (χ2v) is 6.20. The number of carbonyl (C=O) groups excluding carboxylic acids is 1. The highest BCUT2D eigenvalue weighted by molar-refractivity contribution is 5.88. The summed E-state index contributed by atoms with van der Waals surface area (Å²) in [5, 5.41) is 9.79. The Hall–Kier alpha value is -2.61. The van der Waals surface area contributed by atoms with Crippen LogP contribution >= 0.6 is 0 Å². The lowest BCUT2D eigenvalue weighted by Crippen LogP contribution is -2.44. The zero-order valence-corrected chi connectivity index (χ0v) is 14.8. The first-order valence-electron chi connectivity index (χ1n) is 8.60. The molecule has 1 fully saturated rings. The van der Waals surface area contributed by atoms with E-state index in [-0.39, 0.29) is 6.03 Å². The summed E-state index contributed by atoms with van der Waals surface area (Å²) >= 11 is 0. The molecule has 0 saturated carbocycles. The molecule has 8 nitrogen and oxygen atoms in total. The minimum absolute atomic E-state index is 0.242. The number of likely N-dealkylation sites (N-methyl/N-ethyl adjacent to an activating group) is 1. The van der Waals surface area contributed by atoms with Gasteiger partial charge in [0.15, 0.2) is 0 Å². The van der Waals surface area contributed by atoms with Crippen LogP contribution in [0, 0.1) is 0 Å². The fraction of sp³-hybridized carbons (Fsp3) is 0.471. The second kappa shape index (κ2) is 7.98. The van der Waals surface area contributed by atoms with Gasteiger partial charge in [-0.25, -0.2) is 9.78 Å². The molecule has 25 heavy (non-hydrogen) atoms. The van der Waals surface area contributed by atoms with Gasteiger partial charge in [0.25, 0.3) is 0 Å². The van der Waals surface area contributed by atoms with E-state index >= 15 is 0 Å². The molecule has 2 aromatic rings. The van der Waals surface area contributed by atoms with Crippen molar-refractivity contribution in [3.63, 3.8) is 0 Å². The number of carbonyl (C=O) groups is 1. The molecule has 2 N–H and O–H groups in total. The number of aryl methyl sites for hydroxylation is 1. The highest BCUT2D eigenvalue weighted by atomic mass is 16.2. The van der Waals surface area contributed by atoms with E-state index in [1.807, 2.05) is 19.1 Å². The molecule has 2 aromatic heterocycles. The molecule has 1 saturated heterocycles. The molecule has 1 aliphatic heterocycles. The molecule has 0 bridgehead atoms. The van der Waals surface area contributed by atoms with Crippen LogP contribution in [0.25, 0.3) is 0 Å². The number of hydrogen-bond donors (Lipinski definition) is 2. The van der Waals surface area contributed by atoms with Crippen molar-refractivity contribution in [1.29, 1.82) is 0 Å². The average molecular weight is 343 g/mol. The van der Waals surface area contributed by atoms with Crippen molar-refractivity contribution >= 4 is 17.5 Å². The summed E-state index contributed by atoms with van der Waals surface area (Å²) in [4.78, 5) is 21.1. The number of nitrogens with one attached hydrogen (secondary N) is 2. The standard InChI is InChI=1S/C17H25N7O/c1-3-24-13-15(12-20-24)21-17(25)19-11-14-4-5-18-16(10-14)23-8-6-22(2)7-9-23/h4-5,10,12-13H,3,6-9,11H2,1-2H3,(H2,19,21,25). The van der Waals surface area contributed by atoms with Gasteiger partial charge in [0, 0.05) is 51.7 Å². The fourth-order valence-corrected chi connectivity index (χ4v) is 2.74. The van der Waals surface area contributed by atoms with E-state index in [4.69, 9.17) is 0 Å². The van der Waals surface area contributed by atoms with Crippen LogP contribution in [0.5, 0.6) is 0 Å². The van der Waals surface area contributed by atoms with Gasteiger partial charge in [-0.2, -0.15) is 5.10 Å². The lowest BCUT2D eigenvalue weighted by atomic mass is 10.2. The Kier molecular flexibility index (Phi) is 5.49. The summed E-state index contributed by atoms with van der Waals surface area (Å²) in [6.45, 7) is 7.26. The van der Waals surface area contributed by atoms with E-state index in [0.29, 0.717) is 12.2 Å². The number of urea groups is 1. The number of hydrogen-bond acceptors (Lipinski definition) is 5. The number of pyridine rings is 1. The van der Waals surface area contributed by atoms with Gasteiger partial charge in [-0.1, -0.05) is 0 Å². The summed E-state index contributed by atoms with van der Waals surface area (Å²) in [6.07, 6.45) is 5.24. The van der Waals surface area contributed by atoms with E-state index < -0.39 is 0 Å². The zero-order valence-electron chi connectivity index (χ0n) is 14.8. The molecule has 3 rings (SSSR count). The van der Waals surface area contributed by atoms with Gasteiger partial charge in [-0.15, -0.1) is 0 Å². The number of nitrogens with zero attached hydrogens (tertiary/aromatic N) is 5. The Labute approximate surface area is 147 Å². The quantitative estimate of drug-likeness (QED) is 0.857. The Morgan fingerprint density at radius 3 is 2.80 bits per heavy atom. The maximum atomic E-state index is 12.0. The van der Waals surface area contributed by atoms with Gasteiger partial charge in [-0.3, -0.25) is 4.68 Å². The first-order chi connectivity index (χ1) is 12.1. The first kappa shape index (κ1) is 17.2. The van der Waals surface area contributed by atoms with Gasteiger partial charge < -0.3 is 20.4 Å². The van der Waals surface area contributed by atoms with Crippen LogP contribution in [0.1, 0.15) is 12.5 Å². The molecule has 0 radical (unpaired) electrons. The van der Waals surface area contributed by atoms with Crippen LogP contribution in [-0.4, -0.2) is 58.9 Å². The third-order valence-electron chi connectivity index (χ3n) is 4.31. The van der Waals surface area contributed by atoms with E-state index in [1.165, 1.54) is 0 Å². The van der Waals surface area contributed by atoms with Crippen LogP contribution in [0.3, 0.4) is 0 Å². The van der Waals surface area contributed by atoms with Crippen molar-refractivity contribution < 1.29 is 4.79 Å². The largest absolute Gasteiger partial charge is 0.354 e. The van der Waals surface area contributed by atoms with E-state index in [2.05, 4.69) is 37.6 Å². The summed E-state index contributed by atoms with van der Waals surface area (Å²) in [5.41, 5.74) is 1.72. The third-order valence-corrected chi connectivity index (χ3v) is 4.31. The molecule has 0 aliphatic carbocycles. The maximum Gasteiger partial charge on any atom is 0.319 e. The predicted molar refractivity (Wildman–Crippen MR) is 97.7 cm³/mol. The summed E-state index contributed by atoms with van der Waals surface area (Å²) < 4.78 is 1.76. The van der Waals surface area contributed by atoms with Crippen LogP contribution in [0.4, 0.5) is 16.3 Å². The van der Waals surface area contributed by atoms with Crippen molar-refractivity contribution in [3.8, 4) is 0 Å². The van der Waals surface area contributed by atoms with Gasteiger partial charge in [-0.05, 0) is 31.7 Å². The maximum absolute atomic E-state index is 12.0. The van der Waals surface area contributed by atoms with Crippen molar-refractivity contribution in [2.75, 3.05) is 43.4 Å². The van der Waals surface area contributed by atoms with Crippen molar-refractivity contribution in [2.45, 2.75) is 20.0 Å². The highest BCUT2D eigenvalue weighted by Gasteiger charge is 2.15. The first-order valence-corrected chi connectivity index (χ1v) is 8.60. The number of rotatable bonds is 5. The van der Waals surface area contributed by atoms with Crippen LogP contribution in [0.15, 0.2) is 30.7 Å². The average Bonchev–Trinajstić information content (AvgIpc) is 3.08. The normalized spacial score (nSPS) is 15.2. The zero-order chi connectivity index (χ0) is 17.6. The number of aromatic nitrogens is 3. The molecule has 1 aliphatic rings. The highest BCUT2D eigenvalue weighted by Crippen LogP contribution is 2.14. The van der Waals surface area contributed by atoms with Crippen molar-refractivity contribution in [3.05, 3.63) is 36.3 Å². The summed E-state index contributed by atoms with van der Waals surface area (Å²) in [5.74, 6) is 0.969. The van der Waals surface area contributed by atoms with Crippen molar-refractivity contribution in [1.82, 2.24) is 25.0 Å². The fourth-order valence-electron chi connectivity index (χ4n) is 2.74. The second-order valence-electron chi connectivity index (χ2n) is 6.20. The van der Waals surface area contributed by atoms with E-state index in [9.17, 15) is 4.79 Å². The lowest BCUT2D eigenvalue weighted by molar-refractivity contribution is 0.251. The molecule has 0 spiro atoms. The predicted octanol–water partition coefficient (Wildman–Crippen LogP) is 1.37. The molecular weight excluding hydrogens is 318 g/mol. The third kappa shape index (κ3) is 4.69. The molecule has 0 aromatic carbocycles. The Morgan fingerprint density at radius 2 is 2.08 bits per heavy atom. The smallest absolute Gasteiger partial charge is 0.319 e. The molecule has 8 heteroatoms. The molecule has 134 valence electrons. The lowest BCUT2D eigenvalue weighted by Gasteiger charge is -2.33. The van der Waals surface area contributed by atoms with Crippen LogP contribution in [0.2, 0.25) is 0 Å². The molecule has 0 unspecified atom stereocenters. The van der Waals surface area contributed by atoms with Gasteiger partial charge in [0.05, 0.1) is 11.9 Å². The molecule has 0 atom stereocenters. The van der Waals surface area contributed by atoms with E-state index in [0.717, 1.165) is 44.1 Å². The van der Waals surface area contributed by atoms with Crippen LogP contribution in [-0.2, 0) is 13.1 Å². The summed E-state index contributed by atoms with van der Waals surface area (Å²) in [6, 6.07) is 3.73. The number of piperazine rings is 1. The molecular formula is C17H25N7O. The molecule has 3 heterocycles. The van der Waals surface area contributed by atoms with Crippen LogP contribution < -0.4 is 15.5 Å². The van der Waals surface area contributed by atoms with Gasteiger partial charge >= 0.3 is 6.03 Å². The SMILES string of the molecule is CCn1cc(NC(=O)NCc2ccnc(N3CCN(C)CC3)c2)cn1. The topological polar surface area (TPSA) is 78.3 Å². The Bertz CT molecular complexity index is 707. The monoisotopic (exact) mass is 343 g/mol. The molecule has 2 amide bonds. The van der Waals surface area contributed by atoms with Gasteiger partial charge in [0.1, 0.15) is 5.82 Å². The van der Waals surface area contributed by atoms with Gasteiger partial charge in [0.2, 0.25) is 0 Å². The Balaban J connectivity index is 1.52. The van der Waals surface area contributed by atoms with Crippen molar-refractivity contribution in [2.24, 2.45) is 0 Å². The minimum Gasteiger partial charge on any atom is -0.354 e. The summed E-state index contributed by atoms with van der Waals surface area (Å²) in [7, 11) is 2.13. The Morgan fingerprint density at radius 1 is 1.28 bits per heavy atom. The van der Waals surface area contributed by atoms with E-state index in [1.54, 1.807) is 23.3 Å².